The summed E-state index contributed by atoms with van der Waals surface area (Å²) >= 11 is 3.57. The Morgan fingerprint density at radius 1 is 1.19 bits per heavy atom. The summed E-state index contributed by atoms with van der Waals surface area (Å²) in [5, 5.41) is 3.81. The third-order valence-corrected chi connectivity index (χ3v) is 4.98. The van der Waals surface area contributed by atoms with Crippen molar-refractivity contribution in [3.63, 3.8) is 0 Å². The van der Waals surface area contributed by atoms with E-state index < -0.39 is 0 Å². The van der Waals surface area contributed by atoms with Gasteiger partial charge in [-0.1, -0.05) is 47.1 Å². The molecule has 1 N–H and O–H groups in total. The van der Waals surface area contributed by atoms with E-state index in [1.54, 1.807) is 0 Å². The molecule has 2 heteroatoms. The highest BCUT2D eigenvalue weighted by atomic mass is 79.9. The van der Waals surface area contributed by atoms with Crippen LogP contribution < -0.4 is 5.32 Å². The third-order valence-electron chi connectivity index (χ3n) is 4.49. The number of halogens is 1. The van der Waals surface area contributed by atoms with Crippen LogP contribution in [0.1, 0.15) is 35.6 Å². The molecule has 1 unspecified atom stereocenters. The number of nitrogens with one attached hydrogen (secondary N) is 1. The Balaban J connectivity index is 1.80. The Bertz CT molecular complexity index is 648. The van der Waals surface area contributed by atoms with Gasteiger partial charge in [0.2, 0.25) is 0 Å². The van der Waals surface area contributed by atoms with Gasteiger partial charge in [0.15, 0.2) is 0 Å². The van der Waals surface area contributed by atoms with Gasteiger partial charge in [0.1, 0.15) is 0 Å². The van der Waals surface area contributed by atoms with Gasteiger partial charge in [-0.3, -0.25) is 0 Å². The summed E-state index contributed by atoms with van der Waals surface area (Å²) in [7, 11) is 0. The van der Waals surface area contributed by atoms with Crippen molar-refractivity contribution >= 4 is 21.6 Å². The first-order valence-corrected chi connectivity index (χ1v) is 8.59. The van der Waals surface area contributed by atoms with Gasteiger partial charge >= 0.3 is 0 Å². The highest BCUT2D eigenvalue weighted by Gasteiger charge is 2.19. The van der Waals surface area contributed by atoms with E-state index in [1.807, 2.05) is 0 Å². The lowest BCUT2D eigenvalue weighted by Gasteiger charge is -2.28. The first kappa shape index (κ1) is 14.6. The van der Waals surface area contributed by atoms with Crippen LogP contribution >= 0.6 is 15.9 Å². The second-order valence-electron chi connectivity index (χ2n) is 5.96. The predicted octanol–water partition coefficient (Wildman–Crippen LogP) is 5.29. The first-order chi connectivity index (χ1) is 10.2. The molecule has 0 amide bonds. The molecule has 1 atom stereocenters. The van der Waals surface area contributed by atoms with E-state index in [4.69, 9.17) is 0 Å². The Morgan fingerprint density at radius 2 is 2.05 bits per heavy atom. The second-order valence-corrected chi connectivity index (χ2v) is 6.88. The van der Waals surface area contributed by atoms with Crippen molar-refractivity contribution in [1.29, 1.82) is 0 Å². The molecule has 3 rings (SSSR count). The molecule has 0 spiro atoms. The monoisotopic (exact) mass is 343 g/mol. The molecule has 2 aromatic carbocycles. The van der Waals surface area contributed by atoms with Crippen LogP contribution in [0.3, 0.4) is 0 Å². The van der Waals surface area contributed by atoms with Crippen LogP contribution in [-0.2, 0) is 19.3 Å². The second kappa shape index (κ2) is 6.23. The molecule has 0 aliphatic heterocycles. The minimum absolute atomic E-state index is 0.546. The highest BCUT2D eigenvalue weighted by molar-refractivity contribution is 9.10. The van der Waals surface area contributed by atoms with Gasteiger partial charge in [-0.25, -0.2) is 0 Å². The van der Waals surface area contributed by atoms with Gasteiger partial charge in [-0.05, 0) is 67.0 Å². The fourth-order valence-electron chi connectivity index (χ4n) is 3.28. The fraction of sp³-hybridized carbons (Fsp3) is 0.368. The summed E-state index contributed by atoms with van der Waals surface area (Å²) in [5.41, 5.74) is 7.13. The molecule has 0 aromatic heterocycles. The van der Waals surface area contributed by atoms with E-state index in [-0.39, 0.29) is 0 Å². The molecule has 0 saturated carbocycles. The van der Waals surface area contributed by atoms with Crippen LogP contribution in [0.5, 0.6) is 0 Å². The van der Waals surface area contributed by atoms with Crippen molar-refractivity contribution in [3.8, 4) is 0 Å². The van der Waals surface area contributed by atoms with Crippen LogP contribution in [0.25, 0.3) is 0 Å². The van der Waals surface area contributed by atoms with Crippen molar-refractivity contribution in [2.75, 3.05) is 5.32 Å². The Morgan fingerprint density at radius 3 is 2.86 bits per heavy atom. The summed E-state index contributed by atoms with van der Waals surface area (Å²) in [6.45, 7) is 4.43. The maximum atomic E-state index is 3.81. The van der Waals surface area contributed by atoms with Crippen LogP contribution in [0.15, 0.2) is 40.9 Å². The molecule has 0 heterocycles. The van der Waals surface area contributed by atoms with Gasteiger partial charge < -0.3 is 5.32 Å². The fourth-order valence-corrected chi connectivity index (χ4v) is 3.69. The SMILES string of the molecule is CCc1cccc(C)c1NC1CCc2cc(Br)ccc2C1. The lowest BCUT2D eigenvalue weighted by molar-refractivity contribution is 0.609. The molecule has 1 aliphatic rings. The van der Waals surface area contributed by atoms with Crippen LogP contribution in [0.4, 0.5) is 5.69 Å². The summed E-state index contributed by atoms with van der Waals surface area (Å²) in [5.74, 6) is 0. The minimum Gasteiger partial charge on any atom is -0.382 e. The summed E-state index contributed by atoms with van der Waals surface area (Å²) in [6, 6.07) is 13.9. The maximum absolute atomic E-state index is 3.81. The number of aryl methyl sites for hydroxylation is 3. The van der Waals surface area contributed by atoms with E-state index in [0.29, 0.717) is 6.04 Å². The number of hydrogen-bond donors (Lipinski definition) is 1. The normalized spacial score (nSPS) is 17.4. The first-order valence-electron chi connectivity index (χ1n) is 7.79. The summed E-state index contributed by atoms with van der Waals surface area (Å²) in [4.78, 5) is 0. The molecule has 21 heavy (non-hydrogen) atoms. The average molecular weight is 344 g/mol. The molecule has 1 nitrogen and oxygen atoms in total. The smallest absolute Gasteiger partial charge is 0.0404 e. The largest absolute Gasteiger partial charge is 0.382 e. The number of para-hydroxylation sites is 1. The van der Waals surface area contributed by atoms with Gasteiger partial charge in [0.25, 0.3) is 0 Å². The zero-order valence-electron chi connectivity index (χ0n) is 12.7. The van der Waals surface area contributed by atoms with Gasteiger partial charge in [-0.2, -0.15) is 0 Å². The number of fused-ring (bicyclic) bond motifs is 1. The predicted molar refractivity (Wildman–Crippen MR) is 94.1 cm³/mol. The zero-order chi connectivity index (χ0) is 14.8. The molecular formula is C19H22BrN. The Kier molecular flexibility index (Phi) is 4.34. The van der Waals surface area contributed by atoms with E-state index >= 15 is 0 Å². The van der Waals surface area contributed by atoms with Crippen molar-refractivity contribution in [2.24, 2.45) is 0 Å². The summed E-state index contributed by atoms with van der Waals surface area (Å²) in [6.07, 6.45) is 4.58. The molecule has 1 aliphatic carbocycles. The van der Waals surface area contributed by atoms with E-state index in [9.17, 15) is 0 Å². The molecule has 0 saturated heterocycles. The number of rotatable bonds is 3. The maximum Gasteiger partial charge on any atom is 0.0404 e. The molecule has 2 aromatic rings. The van der Waals surface area contributed by atoms with Crippen molar-refractivity contribution < 1.29 is 0 Å². The topological polar surface area (TPSA) is 12.0 Å². The Labute approximate surface area is 135 Å². The number of anilines is 1. The molecule has 0 bridgehead atoms. The van der Waals surface area contributed by atoms with E-state index in [2.05, 4.69) is 71.5 Å². The van der Waals surface area contributed by atoms with Gasteiger partial charge in [0, 0.05) is 16.2 Å². The van der Waals surface area contributed by atoms with Crippen LogP contribution in [0.2, 0.25) is 0 Å². The molecule has 110 valence electrons. The quantitative estimate of drug-likeness (QED) is 0.798. The molecule has 0 radical (unpaired) electrons. The summed E-state index contributed by atoms with van der Waals surface area (Å²) < 4.78 is 1.19. The van der Waals surface area contributed by atoms with Crippen molar-refractivity contribution in [3.05, 3.63) is 63.1 Å². The average Bonchev–Trinajstić information content (AvgIpc) is 2.49. The van der Waals surface area contributed by atoms with E-state index in [0.717, 1.165) is 12.8 Å². The molecule has 0 fully saturated rings. The standard InChI is InChI=1S/C19H22BrN/c1-3-14-6-4-5-13(2)19(14)21-18-10-8-15-11-17(20)9-7-16(15)12-18/h4-7,9,11,18,21H,3,8,10,12H2,1-2H3. The lowest BCUT2D eigenvalue weighted by Crippen LogP contribution is -2.28. The van der Waals surface area contributed by atoms with Gasteiger partial charge in [-0.15, -0.1) is 0 Å². The van der Waals surface area contributed by atoms with Crippen LogP contribution in [0, 0.1) is 6.92 Å². The molecular weight excluding hydrogens is 322 g/mol. The third kappa shape index (κ3) is 3.16. The number of hydrogen-bond acceptors (Lipinski definition) is 1. The van der Waals surface area contributed by atoms with E-state index in [1.165, 1.54) is 45.3 Å². The zero-order valence-corrected chi connectivity index (χ0v) is 14.3. The highest BCUT2D eigenvalue weighted by Crippen LogP contribution is 2.29. The lowest BCUT2D eigenvalue weighted by atomic mass is 9.88. The van der Waals surface area contributed by atoms with Crippen molar-refractivity contribution in [1.82, 2.24) is 0 Å². The van der Waals surface area contributed by atoms with Crippen molar-refractivity contribution in [2.45, 2.75) is 45.6 Å². The minimum atomic E-state index is 0.546. The Hall–Kier alpha value is -1.28. The number of benzene rings is 2. The van der Waals surface area contributed by atoms with Crippen LogP contribution in [-0.4, -0.2) is 6.04 Å². The van der Waals surface area contributed by atoms with Gasteiger partial charge in [0.05, 0.1) is 0 Å².